The van der Waals surface area contributed by atoms with Gasteiger partial charge in [-0.15, -0.1) is 0 Å². The summed E-state index contributed by atoms with van der Waals surface area (Å²) in [4.78, 5) is 12.2. The minimum Gasteiger partial charge on any atom is -0.496 e. The molecule has 1 amide bonds. The second-order valence-corrected chi connectivity index (χ2v) is 5.75. The van der Waals surface area contributed by atoms with Gasteiger partial charge < -0.3 is 15.4 Å². The minimum absolute atomic E-state index is 0.0133. The molecule has 1 atom stereocenters. The molecular weight excluding hydrogens is 288 g/mol. The third-order valence-corrected chi connectivity index (χ3v) is 4.26. The summed E-state index contributed by atoms with van der Waals surface area (Å²) in [5, 5.41) is 6.51. The van der Waals surface area contributed by atoms with E-state index < -0.39 is 0 Å². The van der Waals surface area contributed by atoms with Crippen LogP contribution in [0.1, 0.15) is 22.7 Å². The normalized spacial score (nSPS) is 16.5. The molecule has 4 heteroatoms. The molecule has 0 aliphatic carbocycles. The lowest BCUT2D eigenvalue weighted by Gasteiger charge is -2.27. The summed E-state index contributed by atoms with van der Waals surface area (Å²) in [6.07, 6.45) is 1.38. The Hall–Kier alpha value is -2.33. The Labute approximate surface area is 136 Å². The lowest BCUT2D eigenvalue weighted by Crippen LogP contribution is -2.39. The van der Waals surface area contributed by atoms with Crippen LogP contribution in [0.2, 0.25) is 0 Å². The van der Waals surface area contributed by atoms with E-state index in [2.05, 4.69) is 34.9 Å². The van der Waals surface area contributed by atoms with E-state index in [9.17, 15) is 4.79 Å². The molecule has 0 spiro atoms. The maximum atomic E-state index is 12.2. The Morgan fingerprint density at radius 1 is 1.22 bits per heavy atom. The van der Waals surface area contributed by atoms with Crippen molar-refractivity contribution in [1.29, 1.82) is 0 Å². The highest BCUT2D eigenvalue weighted by Crippen LogP contribution is 2.22. The van der Waals surface area contributed by atoms with Gasteiger partial charge in [0.05, 0.1) is 13.5 Å². The molecule has 3 rings (SSSR count). The summed E-state index contributed by atoms with van der Waals surface area (Å²) in [6, 6.07) is 16.2. The van der Waals surface area contributed by atoms with Crippen LogP contribution in [0.25, 0.3) is 0 Å². The van der Waals surface area contributed by atoms with Crippen LogP contribution >= 0.6 is 0 Å². The van der Waals surface area contributed by atoms with Gasteiger partial charge in [0.2, 0.25) is 5.91 Å². The van der Waals surface area contributed by atoms with E-state index in [-0.39, 0.29) is 11.9 Å². The number of carbonyl (C=O) groups excluding carboxylic acids is 1. The predicted molar refractivity (Wildman–Crippen MR) is 90.6 cm³/mol. The van der Waals surface area contributed by atoms with E-state index in [1.54, 1.807) is 7.11 Å². The largest absolute Gasteiger partial charge is 0.496 e. The molecule has 2 N–H and O–H groups in total. The van der Waals surface area contributed by atoms with Crippen molar-refractivity contribution >= 4 is 5.91 Å². The van der Waals surface area contributed by atoms with Gasteiger partial charge in [-0.05, 0) is 30.2 Å². The number of para-hydroxylation sites is 1. The third kappa shape index (κ3) is 3.71. The zero-order valence-electron chi connectivity index (χ0n) is 13.3. The van der Waals surface area contributed by atoms with Gasteiger partial charge >= 0.3 is 0 Å². The number of rotatable bonds is 5. The average molecular weight is 310 g/mol. The first-order valence-corrected chi connectivity index (χ1v) is 7.97. The number of nitrogens with one attached hydrogen (secondary N) is 2. The van der Waals surface area contributed by atoms with Crippen molar-refractivity contribution in [2.24, 2.45) is 0 Å². The predicted octanol–water partition coefficient (Wildman–Crippen LogP) is 2.24. The first-order chi connectivity index (χ1) is 11.3. The summed E-state index contributed by atoms with van der Waals surface area (Å²) in [5.74, 6) is 0.767. The number of hydrogen-bond donors (Lipinski definition) is 2. The molecule has 0 bridgehead atoms. The van der Waals surface area contributed by atoms with Crippen LogP contribution in [0, 0.1) is 0 Å². The molecule has 2 aromatic carbocycles. The van der Waals surface area contributed by atoms with Crippen molar-refractivity contribution in [1.82, 2.24) is 10.6 Å². The van der Waals surface area contributed by atoms with Gasteiger partial charge in [-0.3, -0.25) is 4.79 Å². The molecule has 1 unspecified atom stereocenters. The molecule has 23 heavy (non-hydrogen) atoms. The first kappa shape index (κ1) is 15.6. The van der Waals surface area contributed by atoms with Crippen LogP contribution in [-0.2, 0) is 17.6 Å². The number of carbonyl (C=O) groups is 1. The van der Waals surface area contributed by atoms with Crippen LogP contribution in [0.4, 0.5) is 0 Å². The van der Waals surface area contributed by atoms with E-state index in [4.69, 9.17) is 4.74 Å². The smallest absolute Gasteiger partial charge is 0.224 e. The van der Waals surface area contributed by atoms with Crippen molar-refractivity contribution in [2.45, 2.75) is 18.9 Å². The van der Waals surface area contributed by atoms with Crippen molar-refractivity contribution in [3.05, 3.63) is 65.2 Å². The lowest BCUT2D eigenvalue weighted by atomic mass is 9.94. The van der Waals surface area contributed by atoms with Crippen LogP contribution in [0.5, 0.6) is 5.75 Å². The highest BCUT2D eigenvalue weighted by molar-refractivity contribution is 5.79. The molecule has 0 fully saturated rings. The molecule has 1 aliphatic rings. The van der Waals surface area contributed by atoms with Crippen molar-refractivity contribution < 1.29 is 9.53 Å². The molecule has 4 nitrogen and oxygen atoms in total. The Balaban J connectivity index is 1.60. The Morgan fingerprint density at radius 2 is 2.00 bits per heavy atom. The van der Waals surface area contributed by atoms with Gasteiger partial charge in [0.1, 0.15) is 5.75 Å². The molecule has 2 aromatic rings. The summed E-state index contributed by atoms with van der Waals surface area (Å²) in [6.45, 7) is 1.55. The zero-order chi connectivity index (χ0) is 16.1. The Bertz CT molecular complexity index is 685. The average Bonchev–Trinajstić information content (AvgIpc) is 2.60. The van der Waals surface area contributed by atoms with Gasteiger partial charge in [-0.1, -0.05) is 42.5 Å². The highest BCUT2D eigenvalue weighted by Gasteiger charge is 2.19. The van der Waals surface area contributed by atoms with Gasteiger partial charge in [-0.2, -0.15) is 0 Å². The quantitative estimate of drug-likeness (QED) is 0.890. The monoisotopic (exact) mass is 310 g/mol. The Morgan fingerprint density at radius 3 is 2.87 bits per heavy atom. The number of methoxy groups -OCH3 is 1. The Kier molecular flexibility index (Phi) is 4.93. The van der Waals surface area contributed by atoms with E-state index in [0.29, 0.717) is 13.0 Å². The number of fused-ring (bicyclic) bond motifs is 1. The molecule has 120 valence electrons. The van der Waals surface area contributed by atoms with Crippen molar-refractivity contribution in [3.8, 4) is 5.75 Å². The van der Waals surface area contributed by atoms with E-state index in [0.717, 1.165) is 24.3 Å². The van der Waals surface area contributed by atoms with Crippen LogP contribution in [0.3, 0.4) is 0 Å². The topological polar surface area (TPSA) is 50.4 Å². The maximum absolute atomic E-state index is 12.2. The molecule has 1 aliphatic heterocycles. The van der Waals surface area contributed by atoms with Crippen molar-refractivity contribution in [3.63, 3.8) is 0 Å². The van der Waals surface area contributed by atoms with Gasteiger partial charge in [0.25, 0.3) is 0 Å². The first-order valence-electron chi connectivity index (χ1n) is 7.97. The van der Waals surface area contributed by atoms with Crippen LogP contribution < -0.4 is 15.4 Å². The summed E-state index contributed by atoms with van der Waals surface area (Å²) < 4.78 is 5.29. The second kappa shape index (κ2) is 7.29. The molecule has 0 saturated carbocycles. The molecule has 0 radical (unpaired) electrons. The van der Waals surface area contributed by atoms with Crippen LogP contribution in [0.15, 0.2) is 48.5 Å². The van der Waals surface area contributed by atoms with Gasteiger partial charge in [0.15, 0.2) is 0 Å². The van der Waals surface area contributed by atoms with Crippen molar-refractivity contribution in [2.75, 3.05) is 20.2 Å². The number of benzene rings is 2. The molecule has 0 saturated heterocycles. The maximum Gasteiger partial charge on any atom is 0.224 e. The second-order valence-electron chi connectivity index (χ2n) is 5.75. The summed E-state index contributed by atoms with van der Waals surface area (Å²) >= 11 is 0. The highest BCUT2D eigenvalue weighted by atomic mass is 16.5. The fourth-order valence-corrected chi connectivity index (χ4v) is 3.08. The van der Waals surface area contributed by atoms with Gasteiger partial charge in [0, 0.05) is 18.2 Å². The lowest BCUT2D eigenvalue weighted by molar-refractivity contribution is -0.120. The molecule has 0 aromatic heterocycles. The van der Waals surface area contributed by atoms with E-state index in [1.165, 1.54) is 11.1 Å². The zero-order valence-corrected chi connectivity index (χ0v) is 13.3. The van der Waals surface area contributed by atoms with E-state index >= 15 is 0 Å². The van der Waals surface area contributed by atoms with E-state index in [1.807, 2.05) is 24.3 Å². The number of amides is 1. The summed E-state index contributed by atoms with van der Waals surface area (Å²) in [7, 11) is 1.62. The number of hydrogen-bond acceptors (Lipinski definition) is 3. The minimum atomic E-state index is 0.0133. The SMILES string of the molecule is COc1ccccc1CC(=O)NCC1NCCc2ccccc21. The van der Waals surface area contributed by atoms with Crippen LogP contribution in [-0.4, -0.2) is 26.1 Å². The fourth-order valence-electron chi connectivity index (χ4n) is 3.08. The summed E-state index contributed by atoms with van der Waals surface area (Å²) in [5.41, 5.74) is 3.57. The number of ether oxygens (including phenoxy) is 1. The molecular formula is C19H22N2O2. The fraction of sp³-hybridized carbons (Fsp3) is 0.316. The third-order valence-electron chi connectivity index (χ3n) is 4.26. The standard InChI is InChI=1S/C19H22N2O2/c1-23-18-9-5-3-7-15(18)12-19(22)21-13-17-16-8-4-2-6-14(16)10-11-20-17/h2-9,17,20H,10-13H2,1H3,(H,21,22). The molecule has 1 heterocycles. The van der Waals surface area contributed by atoms with Gasteiger partial charge in [-0.25, -0.2) is 0 Å².